The second-order valence-electron chi connectivity index (χ2n) is 14.2. The largest absolute Gasteiger partial charge is 0.395 e. The van der Waals surface area contributed by atoms with E-state index in [1.54, 1.807) is 0 Å². The Morgan fingerprint density at radius 3 is 1.04 bits per heavy atom. The quantitative estimate of drug-likeness (QED) is 0.0523. The number of rotatable bonds is 40. The summed E-state index contributed by atoms with van der Waals surface area (Å²) in [6, 6.07) is 0.151. The highest BCUT2D eigenvalue weighted by molar-refractivity contribution is 4.82. The normalized spacial score (nSPS) is 12.8. The van der Waals surface area contributed by atoms with E-state index in [2.05, 4.69) is 50.0 Å². The first kappa shape index (κ1) is 46.3. The van der Waals surface area contributed by atoms with Crippen LogP contribution < -0.4 is 0 Å². The summed E-state index contributed by atoms with van der Waals surface area (Å²) < 4.78 is 11.9. The van der Waals surface area contributed by atoms with Gasteiger partial charge in [0.2, 0.25) is 0 Å². The first-order chi connectivity index (χ1) is 23.3. The molecule has 0 saturated heterocycles. The fourth-order valence-electron chi connectivity index (χ4n) is 6.14. The van der Waals surface area contributed by atoms with Crippen LogP contribution in [0.4, 0.5) is 0 Å². The molecule has 0 aromatic rings. The maximum absolute atomic E-state index is 9.69. The maximum atomic E-state index is 9.69. The molecule has 0 heterocycles. The van der Waals surface area contributed by atoms with Gasteiger partial charge in [-0.3, -0.25) is 4.90 Å². The second kappa shape index (κ2) is 41.5. The van der Waals surface area contributed by atoms with Gasteiger partial charge in [0.15, 0.2) is 0 Å². The first-order valence-electron chi connectivity index (χ1n) is 21.1. The zero-order chi connectivity index (χ0) is 34.1. The molecule has 0 aliphatic rings. The minimum Gasteiger partial charge on any atom is -0.395 e. The Hall–Kier alpha value is -0.680. The molecule has 0 aliphatic carbocycles. The first-order valence-corrected chi connectivity index (χ1v) is 21.1. The van der Waals surface area contributed by atoms with Gasteiger partial charge in [-0.05, 0) is 71.1 Å². The van der Waals surface area contributed by atoms with Gasteiger partial charge in [0.1, 0.15) is 0 Å². The van der Waals surface area contributed by atoms with Crippen molar-refractivity contribution in [1.82, 2.24) is 4.90 Å². The zero-order valence-electron chi connectivity index (χ0n) is 32.3. The maximum Gasteiger partial charge on any atom is 0.0593 e. The summed E-state index contributed by atoms with van der Waals surface area (Å²) in [5.74, 6) is 0. The summed E-state index contributed by atoms with van der Waals surface area (Å²) in [5, 5.41) is 9.69. The Kier molecular flexibility index (Phi) is 40.9. The topological polar surface area (TPSA) is 41.9 Å². The Labute approximate surface area is 295 Å². The van der Waals surface area contributed by atoms with Gasteiger partial charge in [-0.25, -0.2) is 0 Å². The predicted molar refractivity (Wildman–Crippen MR) is 209 cm³/mol. The summed E-state index contributed by atoms with van der Waals surface area (Å²) in [6.45, 7) is 11.8. The number of aliphatic hydroxyl groups is 1. The standard InChI is InChI=1S/C43H85NO3/c1-4-6-8-10-12-14-16-18-20-22-24-26-28-30-32-34-38-46-40-36-44(43(3)42-45)37-41-47-39-35-33-31-29-27-25-23-21-19-17-15-13-11-9-7-5-2/h18-21,43,45H,4-17,22-42H2,1-3H3/b20-18-,21-19-. The molecule has 1 unspecified atom stereocenters. The molecule has 0 amide bonds. The van der Waals surface area contributed by atoms with Crippen LogP contribution in [0.3, 0.4) is 0 Å². The number of hydrogen-bond donors (Lipinski definition) is 1. The van der Waals surface area contributed by atoms with Crippen LogP contribution in [0.2, 0.25) is 0 Å². The van der Waals surface area contributed by atoms with E-state index in [9.17, 15) is 5.11 Å². The van der Waals surface area contributed by atoms with E-state index in [1.165, 1.54) is 167 Å². The van der Waals surface area contributed by atoms with Gasteiger partial charge in [0.25, 0.3) is 0 Å². The second-order valence-corrected chi connectivity index (χ2v) is 14.2. The van der Waals surface area contributed by atoms with Gasteiger partial charge in [-0.1, -0.05) is 154 Å². The molecule has 0 aromatic carbocycles. The summed E-state index contributed by atoms with van der Waals surface area (Å²) in [7, 11) is 0. The highest BCUT2D eigenvalue weighted by Crippen LogP contribution is 2.12. The lowest BCUT2D eigenvalue weighted by Gasteiger charge is -2.27. The van der Waals surface area contributed by atoms with Crippen LogP contribution in [-0.4, -0.2) is 62.2 Å². The van der Waals surface area contributed by atoms with Crippen molar-refractivity contribution in [2.75, 3.05) is 46.1 Å². The van der Waals surface area contributed by atoms with Crippen molar-refractivity contribution in [1.29, 1.82) is 0 Å². The molecule has 0 spiro atoms. The number of ether oxygens (including phenoxy) is 2. The summed E-state index contributed by atoms with van der Waals surface area (Å²) in [4.78, 5) is 2.31. The number of unbranched alkanes of at least 4 members (excludes halogenated alkanes) is 24. The Morgan fingerprint density at radius 2 is 0.723 bits per heavy atom. The van der Waals surface area contributed by atoms with Crippen LogP contribution >= 0.6 is 0 Å². The highest BCUT2D eigenvalue weighted by atomic mass is 16.5. The van der Waals surface area contributed by atoms with Gasteiger partial charge in [0, 0.05) is 32.3 Å². The predicted octanol–water partition coefficient (Wildman–Crippen LogP) is 12.8. The van der Waals surface area contributed by atoms with E-state index < -0.39 is 0 Å². The molecule has 47 heavy (non-hydrogen) atoms. The average molecular weight is 664 g/mol. The third-order valence-electron chi connectivity index (χ3n) is 9.53. The molecule has 4 heteroatoms. The molecule has 0 bridgehead atoms. The summed E-state index contributed by atoms with van der Waals surface area (Å²) in [6.07, 6.45) is 47.0. The Bertz CT molecular complexity index is 574. The molecule has 280 valence electrons. The van der Waals surface area contributed by atoms with E-state index in [1.807, 2.05) is 0 Å². The van der Waals surface area contributed by atoms with Crippen molar-refractivity contribution in [2.24, 2.45) is 0 Å². The van der Waals surface area contributed by atoms with Gasteiger partial charge in [-0.2, -0.15) is 0 Å². The van der Waals surface area contributed by atoms with E-state index in [0.29, 0.717) is 0 Å². The van der Waals surface area contributed by atoms with Crippen molar-refractivity contribution < 1.29 is 14.6 Å². The molecular weight excluding hydrogens is 578 g/mol. The molecule has 0 radical (unpaired) electrons. The molecule has 0 rings (SSSR count). The van der Waals surface area contributed by atoms with E-state index in [-0.39, 0.29) is 12.6 Å². The lowest BCUT2D eigenvalue weighted by molar-refractivity contribution is 0.0437. The average Bonchev–Trinajstić information content (AvgIpc) is 3.09. The molecule has 0 saturated carbocycles. The molecular formula is C43H85NO3. The number of allylic oxidation sites excluding steroid dienone is 4. The van der Waals surface area contributed by atoms with Crippen molar-refractivity contribution in [3.8, 4) is 0 Å². The van der Waals surface area contributed by atoms with Crippen molar-refractivity contribution in [3.63, 3.8) is 0 Å². The highest BCUT2D eigenvalue weighted by Gasteiger charge is 2.12. The van der Waals surface area contributed by atoms with E-state index in [4.69, 9.17) is 9.47 Å². The number of nitrogens with zero attached hydrogens (tertiary/aromatic N) is 1. The van der Waals surface area contributed by atoms with Gasteiger partial charge in [-0.15, -0.1) is 0 Å². The SMILES string of the molecule is CCCCCCCC/C=C\CCCCCCCCOCCN(CCOCCCCCCCC/C=C\CCCCCCCC)C(C)CO. The molecule has 0 aliphatic heterocycles. The third kappa shape index (κ3) is 38.0. The fraction of sp³-hybridized carbons (Fsp3) is 0.907. The third-order valence-corrected chi connectivity index (χ3v) is 9.53. The molecule has 4 nitrogen and oxygen atoms in total. The minimum atomic E-state index is 0.151. The monoisotopic (exact) mass is 664 g/mol. The lowest BCUT2D eigenvalue weighted by atomic mass is 10.1. The van der Waals surface area contributed by atoms with Crippen LogP contribution in [0.1, 0.15) is 201 Å². The van der Waals surface area contributed by atoms with Gasteiger partial charge in [0.05, 0.1) is 19.8 Å². The van der Waals surface area contributed by atoms with Crippen LogP contribution in [0.25, 0.3) is 0 Å². The van der Waals surface area contributed by atoms with Crippen LogP contribution in [-0.2, 0) is 9.47 Å². The lowest BCUT2D eigenvalue weighted by Crippen LogP contribution is -2.40. The zero-order valence-corrected chi connectivity index (χ0v) is 32.3. The van der Waals surface area contributed by atoms with Crippen LogP contribution in [0.15, 0.2) is 24.3 Å². The van der Waals surface area contributed by atoms with Crippen molar-refractivity contribution in [3.05, 3.63) is 24.3 Å². The molecule has 1 N–H and O–H groups in total. The summed E-state index contributed by atoms with van der Waals surface area (Å²) >= 11 is 0. The number of hydrogen-bond acceptors (Lipinski definition) is 4. The van der Waals surface area contributed by atoms with Gasteiger partial charge >= 0.3 is 0 Å². The van der Waals surface area contributed by atoms with Gasteiger partial charge < -0.3 is 14.6 Å². The molecule has 0 aromatic heterocycles. The van der Waals surface area contributed by atoms with Crippen molar-refractivity contribution >= 4 is 0 Å². The smallest absolute Gasteiger partial charge is 0.0593 e. The number of aliphatic hydroxyl groups excluding tert-OH is 1. The molecule has 0 fully saturated rings. The minimum absolute atomic E-state index is 0.151. The van der Waals surface area contributed by atoms with E-state index >= 15 is 0 Å². The summed E-state index contributed by atoms with van der Waals surface area (Å²) in [5.41, 5.74) is 0. The van der Waals surface area contributed by atoms with Crippen LogP contribution in [0.5, 0.6) is 0 Å². The fourth-order valence-corrected chi connectivity index (χ4v) is 6.14. The Morgan fingerprint density at radius 1 is 0.426 bits per heavy atom. The van der Waals surface area contributed by atoms with Crippen LogP contribution in [0, 0.1) is 0 Å². The molecule has 1 atom stereocenters. The van der Waals surface area contributed by atoms with Crippen molar-refractivity contribution in [2.45, 2.75) is 207 Å². The van der Waals surface area contributed by atoms with E-state index in [0.717, 1.165) is 52.4 Å². The Balaban J connectivity index is 3.51.